The number of amides is 1. The van der Waals surface area contributed by atoms with E-state index in [-0.39, 0.29) is 36.4 Å². The van der Waals surface area contributed by atoms with E-state index in [1.807, 2.05) is 0 Å². The molecular weight excluding hydrogens is 505 g/mol. The van der Waals surface area contributed by atoms with Crippen molar-refractivity contribution in [1.82, 2.24) is 24.5 Å². The largest absolute Gasteiger partial charge is 0.381 e. The van der Waals surface area contributed by atoms with E-state index in [9.17, 15) is 4.79 Å². The van der Waals surface area contributed by atoms with Crippen molar-refractivity contribution in [2.75, 3.05) is 71.5 Å². The van der Waals surface area contributed by atoms with Gasteiger partial charge in [-0.25, -0.2) is 9.98 Å². The Morgan fingerprint density at radius 3 is 2.69 bits per heavy atom. The van der Waals surface area contributed by atoms with Crippen LogP contribution < -0.4 is 10.2 Å². The van der Waals surface area contributed by atoms with Crippen molar-refractivity contribution in [3.8, 4) is 0 Å². The first-order chi connectivity index (χ1) is 13.6. The smallest absolute Gasteiger partial charge is 0.243 e. The van der Waals surface area contributed by atoms with Gasteiger partial charge in [0.2, 0.25) is 11.0 Å². The molecule has 11 heteroatoms. The standard InChI is InChI=1S/C18H31N7O2S.HI/c1-4-15-21-18(28-22-15)25-8-6-24(7-9-25)17(20-12-16(26)23(2)3)19-11-14-5-10-27-13-14;/h14H,4-13H2,1-3H3,(H,19,20);1H. The number of hydrogen-bond donors (Lipinski definition) is 1. The van der Waals surface area contributed by atoms with Crippen molar-refractivity contribution >= 4 is 52.5 Å². The highest BCUT2D eigenvalue weighted by atomic mass is 127. The molecule has 2 saturated heterocycles. The molecule has 0 aromatic carbocycles. The van der Waals surface area contributed by atoms with Gasteiger partial charge in [-0.05, 0) is 6.42 Å². The number of hydrogen-bond acceptors (Lipinski definition) is 7. The van der Waals surface area contributed by atoms with Gasteiger partial charge in [0.15, 0.2) is 5.96 Å². The normalized spacial score (nSPS) is 19.8. The predicted octanol–water partition coefficient (Wildman–Crippen LogP) is 0.911. The Morgan fingerprint density at radius 1 is 1.34 bits per heavy atom. The lowest BCUT2D eigenvalue weighted by Gasteiger charge is -2.36. The molecule has 1 atom stereocenters. The first kappa shape index (κ1) is 24.1. The lowest BCUT2D eigenvalue weighted by Crippen LogP contribution is -2.53. The lowest BCUT2D eigenvalue weighted by atomic mass is 10.1. The van der Waals surface area contributed by atoms with Crippen LogP contribution in [0.1, 0.15) is 19.2 Å². The monoisotopic (exact) mass is 537 g/mol. The van der Waals surface area contributed by atoms with Crippen LogP contribution >= 0.6 is 35.5 Å². The van der Waals surface area contributed by atoms with Crippen LogP contribution in [0.2, 0.25) is 0 Å². The predicted molar refractivity (Wildman–Crippen MR) is 126 cm³/mol. The number of ether oxygens (including phenoxy) is 1. The molecule has 29 heavy (non-hydrogen) atoms. The van der Waals surface area contributed by atoms with E-state index in [4.69, 9.17) is 4.74 Å². The third-order valence-electron chi connectivity index (χ3n) is 5.06. The van der Waals surface area contributed by atoms with Gasteiger partial charge in [-0.15, -0.1) is 24.0 Å². The Bertz CT molecular complexity index is 671. The quantitative estimate of drug-likeness (QED) is 0.328. The second kappa shape index (κ2) is 11.8. The molecule has 1 amide bonds. The van der Waals surface area contributed by atoms with Crippen LogP contribution in [0.15, 0.2) is 4.99 Å². The number of aryl methyl sites for hydroxylation is 1. The lowest BCUT2D eigenvalue weighted by molar-refractivity contribution is -0.127. The summed E-state index contributed by atoms with van der Waals surface area (Å²) in [5, 5.41) is 4.47. The molecule has 1 unspecified atom stereocenters. The van der Waals surface area contributed by atoms with Gasteiger partial charge in [-0.3, -0.25) is 4.79 Å². The Morgan fingerprint density at radius 2 is 2.10 bits per heavy atom. The molecule has 0 spiro atoms. The molecule has 2 aliphatic rings. The summed E-state index contributed by atoms with van der Waals surface area (Å²) in [5.74, 6) is 2.23. The highest BCUT2D eigenvalue weighted by molar-refractivity contribution is 14.0. The van der Waals surface area contributed by atoms with Gasteiger partial charge in [-0.2, -0.15) is 4.37 Å². The van der Waals surface area contributed by atoms with Crippen LogP contribution in [-0.4, -0.2) is 97.6 Å². The van der Waals surface area contributed by atoms with E-state index in [2.05, 4.69) is 36.4 Å². The second-order valence-electron chi connectivity index (χ2n) is 7.36. The maximum atomic E-state index is 12.0. The first-order valence-corrected chi connectivity index (χ1v) is 10.7. The zero-order valence-corrected chi connectivity index (χ0v) is 20.6. The molecule has 3 heterocycles. The van der Waals surface area contributed by atoms with Crippen molar-refractivity contribution in [2.24, 2.45) is 10.9 Å². The molecule has 9 nitrogen and oxygen atoms in total. The maximum Gasteiger partial charge on any atom is 0.243 e. The molecule has 2 fully saturated rings. The Kier molecular flexibility index (Phi) is 9.83. The zero-order valence-electron chi connectivity index (χ0n) is 17.5. The fourth-order valence-corrected chi connectivity index (χ4v) is 3.96. The van der Waals surface area contributed by atoms with E-state index < -0.39 is 0 Å². The number of piperazine rings is 1. The topological polar surface area (TPSA) is 86.2 Å². The SMILES string of the molecule is CCc1nsc(N2CCN(C(=NCC(=O)N(C)C)NCC3CCOC3)CC2)n1.I. The number of halogens is 1. The molecule has 164 valence electrons. The molecule has 0 aliphatic carbocycles. The number of aromatic nitrogens is 2. The number of likely N-dealkylation sites (N-methyl/N-ethyl adjacent to an activating group) is 1. The second-order valence-corrected chi connectivity index (χ2v) is 8.09. The molecule has 1 aromatic heterocycles. The van der Waals surface area contributed by atoms with Crippen molar-refractivity contribution in [3.63, 3.8) is 0 Å². The average molecular weight is 537 g/mol. The van der Waals surface area contributed by atoms with Crippen LogP contribution in [0.4, 0.5) is 5.13 Å². The van der Waals surface area contributed by atoms with E-state index in [1.165, 1.54) is 11.5 Å². The summed E-state index contributed by atoms with van der Waals surface area (Å²) in [7, 11) is 3.51. The number of guanidine groups is 1. The molecule has 0 radical (unpaired) electrons. The molecule has 3 rings (SSSR count). The van der Waals surface area contributed by atoms with Crippen LogP contribution in [0, 0.1) is 5.92 Å². The highest BCUT2D eigenvalue weighted by Crippen LogP contribution is 2.19. The summed E-state index contributed by atoms with van der Waals surface area (Å²) < 4.78 is 9.85. The number of anilines is 1. The number of aliphatic imine (C=N–C) groups is 1. The van der Waals surface area contributed by atoms with E-state index in [0.717, 1.165) is 75.7 Å². The van der Waals surface area contributed by atoms with E-state index in [1.54, 1.807) is 19.0 Å². The number of nitrogens with zero attached hydrogens (tertiary/aromatic N) is 6. The highest BCUT2D eigenvalue weighted by Gasteiger charge is 2.24. The summed E-state index contributed by atoms with van der Waals surface area (Å²) in [4.78, 5) is 27.3. The van der Waals surface area contributed by atoms with E-state index >= 15 is 0 Å². The number of nitrogens with one attached hydrogen (secondary N) is 1. The Balaban J connectivity index is 0.00000300. The van der Waals surface area contributed by atoms with Gasteiger partial charge in [-0.1, -0.05) is 6.92 Å². The molecule has 1 aromatic rings. The average Bonchev–Trinajstić information content (AvgIpc) is 3.40. The number of rotatable bonds is 6. The molecule has 1 N–H and O–H groups in total. The molecular formula is C18H32IN7O2S. The maximum absolute atomic E-state index is 12.0. The van der Waals surface area contributed by atoms with Gasteiger partial charge < -0.3 is 24.8 Å². The number of carbonyl (C=O) groups excluding carboxylic acids is 1. The minimum atomic E-state index is 0. The van der Waals surface area contributed by atoms with Gasteiger partial charge in [0.05, 0.1) is 6.61 Å². The number of carbonyl (C=O) groups is 1. The Hall–Kier alpha value is -1.21. The van der Waals surface area contributed by atoms with Gasteiger partial charge >= 0.3 is 0 Å². The van der Waals surface area contributed by atoms with Crippen LogP contribution in [0.25, 0.3) is 0 Å². The van der Waals surface area contributed by atoms with Gasteiger partial charge in [0, 0.05) is 77.3 Å². The summed E-state index contributed by atoms with van der Waals surface area (Å²) in [6.07, 6.45) is 1.93. The van der Waals surface area contributed by atoms with Crippen molar-refractivity contribution in [1.29, 1.82) is 0 Å². The fourth-order valence-electron chi connectivity index (χ4n) is 3.16. The van der Waals surface area contributed by atoms with E-state index in [0.29, 0.717) is 5.92 Å². The molecule has 0 saturated carbocycles. The minimum Gasteiger partial charge on any atom is -0.381 e. The van der Waals surface area contributed by atoms with Crippen molar-refractivity contribution in [3.05, 3.63) is 5.82 Å². The Labute approximate surface area is 194 Å². The third-order valence-corrected chi connectivity index (χ3v) is 5.87. The molecule has 2 aliphatic heterocycles. The van der Waals surface area contributed by atoms with Crippen LogP contribution in [-0.2, 0) is 16.0 Å². The van der Waals surface area contributed by atoms with Crippen molar-refractivity contribution in [2.45, 2.75) is 19.8 Å². The summed E-state index contributed by atoms with van der Waals surface area (Å²) in [6, 6.07) is 0. The van der Waals surface area contributed by atoms with Crippen molar-refractivity contribution < 1.29 is 9.53 Å². The summed E-state index contributed by atoms with van der Waals surface area (Å²) in [5.41, 5.74) is 0. The van der Waals surface area contributed by atoms with Crippen LogP contribution in [0.3, 0.4) is 0 Å². The molecule has 0 bridgehead atoms. The van der Waals surface area contributed by atoms with Crippen LogP contribution in [0.5, 0.6) is 0 Å². The summed E-state index contributed by atoms with van der Waals surface area (Å²) >= 11 is 1.47. The van der Waals surface area contributed by atoms with Gasteiger partial charge in [0.1, 0.15) is 12.4 Å². The fraction of sp³-hybridized carbons (Fsp3) is 0.778. The first-order valence-electron chi connectivity index (χ1n) is 9.95. The minimum absolute atomic E-state index is 0. The summed E-state index contributed by atoms with van der Waals surface area (Å²) in [6.45, 7) is 8.09. The third kappa shape index (κ3) is 6.92. The zero-order chi connectivity index (χ0) is 19.9. The van der Waals surface area contributed by atoms with Gasteiger partial charge in [0.25, 0.3) is 0 Å².